The van der Waals surface area contributed by atoms with E-state index in [9.17, 15) is 9.18 Å². The second kappa shape index (κ2) is 5.49. The minimum Gasteiger partial charge on any atom is -0.346 e. The second-order valence-electron chi connectivity index (χ2n) is 3.72. The van der Waals surface area contributed by atoms with Crippen molar-refractivity contribution in [2.75, 3.05) is 13.6 Å². The van der Waals surface area contributed by atoms with Crippen LogP contribution in [0, 0.1) is 12.7 Å². The maximum atomic E-state index is 12.2. The fraction of sp³-hybridized carbons (Fsp3) is 0.417. The average molecular weight is 209 g/mol. The van der Waals surface area contributed by atoms with Gasteiger partial charge < -0.3 is 4.90 Å². The highest BCUT2D eigenvalue weighted by Crippen LogP contribution is 2.04. The highest BCUT2D eigenvalue weighted by atomic mass is 19.1. The molecule has 0 aliphatic carbocycles. The summed E-state index contributed by atoms with van der Waals surface area (Å²) in [6, 6.07) is 6.50. The Bertz CT molecular complexity index is 321. The Kier molecular flexibility index (Phi) is 4.28. The minimum absolute atomic E-state index is 0.162. The van der Waals surface area contributed by atoms with E-state index in [0.717, 1.165) is 24.9 Å². The van der Waals surface area contributed by atoms with Crippen LogP contribution in [0.25, 0.3) is 0 Å². The van der Waals surface area contributed by atoms with Gasteiger partial charge >= 0.3 is 0 Å². The Hall–Kier alpha value is -1.38. The van der Waals surface area contributed by atoms with Crippen molar-refractivity contribution in [3.63, 3.8) is 0 Å². The van der Waals surface area contributed by atoms with E-state index in [2.05, 4.69) is 0 Å². The number of benzene rings is 1. The zero-order chi connectivity index (χ0) is 11.3. The molecular weight excluding hydrogens is 193 g/mol. The van der Waals surface area contributed by atoms with Crippen LogP contribution in [0.15, 0.2) is 24.3 Å². The van der Waals surface area contributed by atoms with E-state index >= 15 is 0 Å². The van der Waals surface area contributed by atoms with Crippen LogP contribution in [0.2, 0.25) is 0 Å². The van der Waals surface area contributed by atoms with Gasteiger partial charge in [0.25, 0.3) is 0 Å². The Morgan fingerprint density at radius 2 is 2.13 bits per heavy atom. The fourth-order valence-electron chi connectivity index (χ4n) is 1.39. The van der Waals surface area contributed by atoms with E-state index in [1.165, 1.54) is 12.1 Å². The van der Waals surface area contributed by atoms with Gasteiger partial charge in [0.05, 0.1) is 0 Å². The molecule has 1 aliphatic heterocycles. The molecule has 1 aromatic rings. The van der Waals surface area contributed by atoms with Gasteiger partial charge in [-0.1, -0.05) is 12.1 Å². The highest BCUT2D eigenvalue weighted by Gasteiger charge is 2.14. The molecule has 0 unspecified atom stereocenters. The smallest absolute Gasteiger partial charge is 0.222 e. The third kappa shape index (κ3) is 4.11. The number of nitrogens with zero attached hydrogens (tertiary/aromatic N) is 1. The quantitative estimate of drug-likeness (QED) is 0.642. The summed E-state index contributed by atoms with van der Waals surface area (Å²) in [6.45, 7) is 2.82. The SMILES string of the molecule is CN1CCCC1=O.Cc1cccc(F)c1. The summed E-state index contributed by atoms with van der Waals surface area (Å²) in [6.07, 6.45) is 1.81. The van der Waals surface area contributed by atoms with Gasteiger partial charge in [-0.05, 0) is 31.0 Å². The van der Waals surface area contributed by atoms with Crippen LogP contribution in [0.5, 0.6) is 0 Å². The zero-order valence-electron chi connectivity index (χ0n) is 9.16. The molecule has 2 rings (SSSR count). The number of hydrogen-bond donors (Lipinski definition) is 0. The number of hydrogen-bond acceptors (Lipinski definition) is 1. The molecule has 0 atom stereocenters. The maximum absolute atomic E-state index is 12.2. The van der Waals surface area contributed by atoms with Gasteiger partial charge in [0, 0.05) is 20.0 Å². The summed E-state index contributed by atoms with van der Waals surface area (Å²) < 4.78 is 12.2. The lowest BCUT2D eigenvalue weighted by Crippen LogP contribution is -2.17. The van der Waals surface area contributed by atoms with Crippen molar-refractivity contribution in [3.05, 3.63) is 35.6 Å². The molecule has 82 valence electrons. The zero-order valence-corrected chi connectivity index (χ0v) is 9.16. The molecule has 0 radical (unpaired) electrons. The summed E-state index contributed by atoms with van der Waals surface area (Å²) in [5.74, 6) is 0.130. The molecule has 1 amide bonds. The molecule has 0 saturated carbocycles. The molecule has 0 aromatic heterocycles. The molecule has 0 N–H and O–H groups in total. The van der Waals surface area contributed by atoms with Gasteiger partial charge in [-0.3, -0.25) is 4.79 Å². The lowest BCUT2D eigenvalue weighted by molar-refractivity contribution is -0.126. The van der Waals surface area contributed by atoms with Crippen LogP contribution >= 0.6 is 0 Å². The minimum atomic E-state index is -0.162. The van der Waals surface area contributed by atoms with Crippen molar-refractivity contribution in [1.82, 2.24) is 4.90 Å². The molecule has 3 heteroatoms. The van der Waals surface area contributed by atoms with E-state index in [-0.39, 0.29) is 5.82 Å². The summed E-state index contributed by atoms with van der Waals surface area (Å²) in [7, 11) is 1.84. The van der Waals surface area contributed by atoms with Gasteiger partial charge in [-0.25, -0.2) is 4.39 Å². The van der Waals surface area contributed by atoms with Crippen LogP contribution in [0.3, 0.4) is 0 Å². The standard InChI is InChI=1S/C7H7F.C5H9NO/c1-6-3-2-4-7(8)5-6;1-6-4-2-3-5(6)7/h2-5H,1H3;2-4H2,1H3. The molecule has 1 aliphatic rings. The topological polar surface area (TPSA) is 20.3 Å². The van der Waals surface area contributed by atoms with Crippen molar-refractivity contribution in [2.24, 2.45) is 0 Å². The summed E-state index contributed by atoms with van der Waals surface area (Å²) >= 11 is 0. The Morgan fingerprint density at radius 1 is 1.40 bits per heavy atom. The summed E-state index contributed by atoms with van der Waals surface area (Å²) in [4.78, 5) is 12.3. The van der Waals surface area contributed by atoms with E-state index in [1.807, 2.05) is 20.0 Å². The molecule has 1 fully saturated rings. The third-order valence-electron chi connectivity index (χ3n) is 2.29. The molecule has 15 heavy (non-hydrogen) atoms. The van der Waals surface area contributed by atoms with Gasteiger partial charge in [0.15, 0.2) is 0 Å². The highest BCUT2D eigenvalue weighted by molar-refractivity contribution is 5.77. The Balaban J connectivity index is 0.000000151. The van der Waals surface area contributed by atoms with Crippen LogP contribution in [-0.2, 0) is 4.79 Å². The van der Waals surface area contributed by atoms with Crippen molar-refractivity contribution in [2.45, 2.75) is 19.8 Å². The molecule has 0 bridgehead atoms. The van der Waals surface area contributed by atoms with Gasteiger partial charge in [0.1, 0.15) is 5.82 Å². The monoisotopic (exact) mass is 209 g/mol. The van der Waals surface area contributed by atoms with Gasteiger partial charge in [0.2, 0.25) is 5.91 Å². The first-order chi connectivity index (χ1) is 7.09. The largest absolute Gasteiger partial charge is 0.346 e. The molecule has 1 heterocycles. The number of aryl methyl sites for hydroxylation is 1. The van der Waals surface area contributed by atoms with E-state index in [4.69, 9.17) is 0 Å². The first kappa shape index (κ1) is 11.7. The summed E-state index contributed by atoms with van der Waals surface area (Å²) in [5, 5.41) is 0. The molecule has 1 aromatic carbocycles. The average Bonchev–Trinajstić information content (AvgIpc) is 2.51. The number of carbonyl (C=O) groups is 1. The molecule has 1 saturated heterocycles. The number of halogens is 1. The number of carbonyl (C=O) groups excluding carboxylic acids is 1. The van der Waals surface area contributed by atoms with E-state index < -0.39 is 0 Å². The Morgan fingerprint density at radius 3 is 2.40 bits per heavy atom. The lowest BCUT2D eigenvalue weighted by Gasteiger charge is -2.03. The normalized spacial score (nSPS) is 14.9. The van der Waals surface area contributed by atoms with Crippen molar-refractivity contribution < 1.29 is 9.18 Å². The molecule has 0 spiro atoms. The van der Waals surface area contributed by atoms with Gasteiger partial charge in [-0.15, -0.1) is 0 Å². The molecular formula is C12H16FNO. The van der Waals surface area contributed by atoms with Crippen molar-refractivity contribution in [3.8, 4) is 0 Å². The first-order valence-electron chi connectivity index (χ1n) is 5.06. The maximum Gasteiger partial charge on any atom is 0.222 e. The molecule has 2 nitrogen and oxygen atoms in total. The van der Waals surface area contributed by atoms with Crippen molar-refractivity contribution in [1.29, 1.82) is 0 Å². The van der Waals surface area contributed by atoms with E-state index in [0.29, 0.717) is 5.91 Å². The van der Waals surface area contributed by atoms with Gasteiger partial charge in [-0.2, -0.15) is 0 Å². The predicted octanol–water partition coefficient (Wildman–Crippen LogP) is 2.37. The van der Waals surface area contributed by atoms with Crippen LogP contribution in [0.4, 0.5) is 4.39 Å². The first-order valence-corrected chi connectivity index (χ1v) is 5.06. The van der Waals surface area contributed by atoms with Crippen LogP contribution in [-0.4, -0.2) is 24.4 Å². The van der Waals surface area contributed by atoms with E-state index in [1.54, 1.807) is 11.0 Å². The van der Waals surface area contributed by atoms with Crippen LogP contribution in [0.1, 0.15) is 18.4 Å². The second-order valence-corrected chi connectivity index (χ2v) is 3.72. The number of rotatable bonds is 0. The number of amides is 1. The number of likely N-dealkylation sites (tertiary alicyclic amines) is 1. The Labute approximate surface area is 89.7 Å². The summed E-state index contributed by atoms with van der Waals surface area (Å²) in [5.41, 5.74) is 0.963. The lowest BCUT2D eigenvalue weighted by atomic mass is 10.2. The third-order valence-corrected chi connectivity index (χ3v) is 2.29. The van der Waals surface area contributed by atoms with Crippen molar-refractivity contribution >= 4 is 5.91 Å². The predicted molar refractivity (Wildman–Crippen MR) is 58.0 cm³/mol. The van der Waals surface area contributed by atoms with Crippen LogP contribution < -0.4 is 0 Å². The fourth-order valence-corrected chi connectivity index (χ4v) is 1.39.